The van der Waals surface area contributed by atoms with Crippen LogP contribution in [0.15, 0.2) is 65.2 Å². The minimum atomic E-state index is -0.426. The van der Waals surface area contributed by atoms with Gasteiger partial charge in [-0.15, -0.1) is 0 Å². The molecule has 0 radical (unpaired) electrons. The Morgan fingerprint density at radius 3 is 2.70 bits per heavy atom. The second-order valence-corrected chi connectivity index (χ2v) is 7.18. The van der Waals surface area contributed by atoms with Crippen molar-refractivity contribution in [3.05, 3.63) is 82.2 Å². The van der Waals surface area contributed by atoms with Crippen LogP contribution in [-0.2, 0) is 11.3 Å². The highest BCUT2D eigenvalue weighted by atomic mass is 35.5. The third kappa shape index (κ3) is 4.11. The zero-order valence-electron chi connectivity index (χ0n) is 15.8. The Bertz CT molecular complexity index is 1220. The van der Waals surface area contributed by atoms with Crippen molar-refractivity contribution in [3.8, 4) is 11.6 Å². The molecule has 2 heterocycles. The van der Waals surface area contributed by atoms with E-state index in [0.29, 0.717) is 27.6 Å². The molecule has 4 aromatic rings. The quantitative estimate of drug-likeness (QED) is 0.377. The Kier molecular flexibility index (Phi) is 5.90. The van der Waals surface area contributed by atoms with Crippen molar-refractivity contribution in [2.45, 2.75) is 6.61 Å². The second kappa shape index (κ2) is 8.75. The fourth-order valence-electron chi connectivity index (χ4n) is 2.99. The lowest BCUT2D eigenvalue weighted by Gasteiger charge is -2.12. The predicted molar refractivity (Wildman–Crippen MR) is 116 cm³/mol. The molecule has 0 aliphatic carbocycles. The molecular formula is C22H16Cl2N2O4. The highest BCUT2D eigenvalue weighted by Crippen LogP contribution is 2.34. The third-order valence-corrected chi connectivity index (χ3v) is 4.79. The number of carbonyl (C=O) groups is 1. The molecule has 0 saturated carbocycles. The van der Waals surface area contributed by atoms with E-state index in [1.54, 1.807) is 37.4 Å². The molecule has 8 heteroatoms. The zero-order valence-corrected chi connectivity index (χ0v) is 17.3. The Balaban J connectivity index is 1.65. The number of ether oxygens (including phenoxy) is 2. The zero-order chi connectivity index (χ0) is 21.1. The van der Waals surface area contributed by atoms with Crippen LogP contribution in [0.2, 0.25) is 10.0 Å². The summed E-state index contributed by atoms with van der Waals surface area (Å²) in [6, 6.07) is 15.9. The van der Waals surface area contributed by atoms with Gasteiger partial charge in [-0.25, -0.2) is 4.98 Å². The summed E-state index contributed by atoms with van der Waals surface area (Å²) in [7, 11) is 1.56. The van der Waals surface area contributed by atoms with Gasteiger partial charge < -0.3 is 19.2 Å². The summed E-state index contributed by atoms with van der Waals surface area (Å²) in [4.78, 5) is 17.1. The van der Waals surface area contributed by atoms with Gasteiger partial charge in [-0.05, 0) is 24.3 Å². The van der Waals surface area contributed by atoms with E-state index in [0.717, 1.165) is 5.39 Å². The van der Waals surface area contributed by atoms with E-state index in [9.17, 15) is 4.79 Å². The first-order valence-electron chi connectivity index (χ1n) is 8.95. The number of benzene rings is 2. The molecule has 4 rings (SSSR count). The number of anilines is 1. The Morgan fingerprint density at radius 1 is 1.13 bits per heavy atom. The average Bonchev–Trinajstić information content (AvgIpc) is 3.10. The lowest BCUT2D eigenvalue weighted by molar-refractivity contribution is 0.0991. The number of furan rings is 1. The molecule has 2 aromatic carbocycles. The van der Waals surface area contributed by atoms with Crippen LogP contribution in [-0.4, -0.2) is 18.0 Å². The van der Waals surface area contributed by atoms with Crippen molar-refractivity contribution in [2.24, 2.45) is 0 Å². The summed E-state index contributed by atoms with van der Waals surface area (Å²) >= 11 is 12.0. The van der Waals surface area contributed by atoms with Crippen LogP contribution < -0.4 is 10.1 Å². The number of nitrogens with zero attached hydrogens (tertiary/aromatic N) is 1. The molecular weight excluding hydrogens is 427 g/mol. The maximum atomic E-state index is 13.0. The summed E-state index contributed by atoms with van der Waals surface area (Å²) in [5.41, 5.74) is 1.71. The summed E-state index contributed by atoms with van der Waals surface area (Å²) in [6.07, 6.45) is 1.43. The molecule has 1 amide bonds. The number of carbonyl (C=O) groups excluding carboxylic acids is 1. The van der Waals surface area contributed by atoms with E-state index in [4.69, 9.17) is 37.1 Å². The molecule has 30 heavy (non-hydrogen) atoms. The SMILES string of the molecule is COCc1c(C(=O)Nc2ccccc2Oc2ncc(Cl)cc2Cl)oc2ccccc12. The average molecular weight is 443 g/mol. The summed E-state index contributed by atoms with van der Waals surface area (Å²) < 4.78 is 16.9. The van der Waals surface area contributed by atoms with Crippen LogP contribution in [0.4, 0.5) is 5.69 Å². The van der Waals surface area contributed by atoms with E-state index in [1.165, 1.54) is 12.3 Å². The number of para-hydroxylation sites is 3. The molecule has 1 N–H and O–H groups in total. The Labute approximate surface area is 182 Å². The predicted octanol–water partition coefficient (Wildman–Crippen LogP) is 6.33. The summed E-state index contributed by atoms with van der Waals surface area (Å²) in [6.45, 7) is 0.238. The van der Waals surface area contributed by atoms with Gasteiger partial charge in [0.1, 0.15) is 10.6 Å². The number of methoxy groups -OCH3 is 1. The lowest BCUT2D eigenvalue weighted by Crippen LogP contribution is -2.14. The van der Waals surface area contributed by atoms with E-state index in [2.05, 4.69) is 10.3 Å². The first-order valence-corrected chi connectivity index (χ1v) is 9.71. The second-order valence-electron chi connectivity index (χ2n) is 6.33. The van der Waals surface area contributed by atoms with E-state index in [1.807, 2.05) is 18.2 Å². The standard InChI is InChI=1S/C22H16Cl2N2O4/c1-28-12-15-14-6-2-4-8-18(14)29-20(15)21(27)26-17-7-3-5-9-19(17)30-22-16(24)10-13(23)11-25-22/h2-11H,12H2,1H3,(H,26,27). The summed E-state index contributed by atoms with van der Waals surface area (Å²) in [5.74, 6) is 0.290. The van der Waals surface area contributed by atoms with Crippen molar-refractivity contribution < 1.29 is 18.7 Å². The van der Waals surface area contributed by atoms with Gasteiger partial charge in [0, 0.05) is 24.3 Å². The number of hydrogen-bond donors (Lipinski definition) is 1. The number of nitrogens with one attached hydrogen (secondary N) is 1. The molecule has 0 fully saturated rings. The molecule has 0 aliphatic heterocycles. The van der Waals surface area contributed by atoms with Gasteiger partial charge in [0.15, 0.2) is 11.5 Å². The third-order valence-electron chi connectivity index (χ3n) is 4.31. The van der Waals surface area contributed by atoms with Crippen molar-refractivity contribution >= 4 is 45.8 Å². The Hall–Kier alpha value is -3.06. The van der Waals surface area contributed by atoms with Gasteiger partial charge in [-0.1, -0.05) is 53.5 Å². The minimum Gasteiger partial charge on any atom is -0.451 e. The normalized spacial score (nSPS) is 10.9. The van der Waals surface area contributed by atoms with E-state index >= 15 is 0 Å². The number of rotatable bonds is 6. The van der Waals surface area contributed by atoms with Crippen LogP contribution in [0.1, 0.15) is 16.1 Å². The minimum absolute atomic E-state index is 0.173. The number of amides is 1. The van der Waals surface area contributed by atoms with Crippen LogP contribution in [0.5, 0.6) is 11.6 Å². The largest absolute Gasteiger partial charge is 0.451 e. The van der Waals surface area contributed by atoms with Crippen LogP contribution in [0.25, 0.3) is 11.0 Å². The molecule has 152 valence electrons. The molecule has 2 aromatic heterocycles. The Morgan fingerprint density at radius 2 is 1.90 bits per heavy atom. The number of fused-ring (bicyclic) bond motifs is 1. The van der Waals surface area contributed by atoms with Crippen LogP contribution in [0, 0.1) is 0 Å². The number of aromatic nitrogens is 1. The number of halogens is 2. The molecule has 0 saturated heterocycles. The van der Waals surface area contributed by atoms with Gasteiger partial charge in [0.2, 0.25) is 5.88 Å². The van der Waals surface area contributed by atoms with Gasteiger partial charge in [-0.3, -0.25) is 4.79 Å². The maximum Gasteiger partial charge on any atom is 0.291 e. The topological polar surface area (TPSA) is 73.6 Å². The lowest BCUT2D eigenvalue weighted by atomic mass is 10.1. The van der Waals surface area contributed by atoms with Crippen molar-refractivity contribution in [3.63, 3.8) is 0 Å². The van der Waals surface area contributed by atoms with Crippen LogP contribution in [0.3, 0.4) is 0 Å². The maximum absolute atomic E-state index is 13.0. The molecule has 0 atom stereocenters. The molecule has 0 spiro atoms. The molecule has 0 bridgehead atoms. The fourth-order valence-corrected chi connectivity index (χ4v) is 3.41. The molecule has 0 unspecified atom stereocenters. The van der Waals surface area contributed by atoms with Gasteiger partial charge in [-0.2, -0.15) is 0 Å². The highest BCUT2D eigenvalue weighted by molar-refractivity contribution is 6.35. The van der Waals surface area contributed by atoms with E-state index < -0.39 is 5.91 Å². The van der Waals surface area contributed by atoms with Crippen molar-refractivity contribution in [1.82, 2.24) is 4.98 Å². The van der Waals surface area contributed by atoms with Gasteiger partial charge in [0.25, 0.3) is 5.91 Å². The first kappa shape index (κ1) is 20.2. The number of pyridine rings is 1. The highest BCUT2D eigenvalue weighted by Gasteiger charge is 2.21. The fraction of sp³-hybridized carbons (Fsp3) is 0.0909. The first-order chi connectivity index (χ1) is 14.6. The van der Waals surface area contributed by atoms with Gasteiger partial charge >= 0.3 is 0 Å². The van der Waals surface area contributed by atoms with Crippen molar-refractivity contribution in [1.29, 1.82) is 0 Å². The van der Waals surface area contributed by atoms with Crippen molar-refractivity contribution in [2.75, 3.05) is 12.4 Å². The van der Waals surface area contributed by atoms with Gasteiger partial charge in [0.05, 0.1) is 17.3 Å². The van der Waals surface area contributed by atoms with E-state index in [-0.39, 0.29) is 23.3 Å². The molecule has 6 nitrogen and oxygen atoms in total. The smallest absolute Gasteiger partial charge is 0.291 e. The number of hydrogen-bond acceptors (Lipinski definition) is 5. The van der Waals surface area contributed by atoms with Crippen LogP contribution >= 0.6 is 23.2 Å². The molecule has 0 aliphatic rings. The summed E-state index contributed by atoms with van der Waals surface area (Å²) in [5, 5.41) is 4.30. The monoisotopic (exact) mass is 442 g/mol.